The zero-order valence-corrected chi connectivity index (χ0v) is 60.0. The predicted molar refractivity (Wildman–Crippen MR) is 364 cm³/mol. The van der Waals surface area contributed by atoms with E-state index in [-0.39, 0.29) is 75.7 Å². The highest BCUT2D eigenvalue weighted by Crippen LogP contribution is 2.21. The second kappa shape index (κ2) is 46.2. The van der Waals surface area contributed by atoms with Crippen LogP contribution < -0.4 is 75.7 Å². The first-order chi connectivity index (χ1) is 47.7. The number of aliphatic hydroxyl groups excluding tert-OH is 2. The average molecular weight is 1450 g/mol. The van der Waals surface area contributed by atoms with E-state index in [0.717, 1.165) is 25.0 Å². The van der Waals surface area contributed by atoms with Gasteiger partial charge in [-0.25, -0.2) is 9.59 Å². The zero-order valence-electron chi connectivity index (χ0n) is 60.0. The van der Waals surface area contributed by atoms with Crippen molar-refractivity contribution < 1.29 is 107 Å². The number of carbonyl (C=O) groups excluding carboxylic acids is 15. The molecule has 0 aromatic heterocycles. The molecule has 576 valence electrons. The van der Waals surface area contributed by atoms with E-state index >= 15 is 0 Å². The van der Waals surface area contributed by atoms with Crippen LogP contribution in [0.3, 0.4) is 0 Å². The van der Waals surface area contributed by atoms with Crippen molar-refractivity contribution in [2.24, 2.45) is 40.9 Å². The van der Waals surface area contributed by atoms with Gasteiger partial charge < -0.3 is 106 Å². The van der Waals surface area contributed by atoms with Gasteiger partial charge >= 0.3 is 17.9 Å². The monoisotopic (exact) mass is 1450 g/mol. The third-order valence-electron chi connectivity index (χ3n) is 15.9. The summed E-state index contributed by atoms with van der Waals surface area (Å²) in [6, 6.07) is -18.6. The molecule has 37 heteroatoms. The lowest BCUT2D eigenvalue weighted by Crippen LogP contribution is -2.62. The Labute approximate surface area is 592 Å². The highest BCUT2D eigenvalue weighted by Gasteiger charge is 2.42. The standard InChI is InChI=1S/C65H109N15O22/c1-32(2)27-42(57(92)73-41(65(100)101)18-14-15-25-66)74-58(93)43(28-33(3)4)76-63(98)53(36(9)82)79-60(95)44(29-34(5)6)75-61(96)47-19-16-26-80(47)64(99)46(31-81)77-62(97)52(35(7)8)78-56(91)39(21-23-48(67)84)71-55(90)40(22-24-50(86)87)72-54(89)38(17-12-13-20-51(88)102-11)70-59(94)45(30-49(68)85)69-37(10)83/h13,20,32-36,38-47,52-53,81-82H,12,14-19,21-31,66H2,1-11H3,(H2,67,84)(H2,68,85)(H,69,83)(H,70,94)(H,71,90)(H,72,89)(H,73,92)(H,74,93)(H,75,96)(H,76,98)(H,77,97)(H,78,91)(H,79,95)(H,86,87)(H,100,101)/b20-13+/t36?,38-,39-,40-,41-,42-,43-,44-,45-,46-,47-,52-,53-/m0/s1. The van der Waals surface area contributed by atoms with Gasteiger partial charge in [-0.3, -0.25) is 71.9 Å². The molecule has 1 saturated heterocycles. The first-order valence-electron chi connectivity index (χ1n) is 34.0. The Hall–Kier alpha value is -9.39. The smallest absolute Gasteiger partial charge is 0.330 e. The molecule has 1 heterocycles. The average Bonchev–Trinajstić information content (AvgIpc) is 1.52. The molecule has 0 radical (unpaired) electrons. The number of unbranched alkanes of at least 4 members (excludes halogenated alkanes) is 1. The predicted octanol–water partition coefficient (Wildman–Crippen LogP) is -4.77. The van der Waals surface area contributed by atoms with Crippen LogP contribution in [-0.2, 0) is 86.2 Å². The van der Waals surface area contributed by atoms with Crippen molar-refractivity contribution in [2.45, 2.75) is 244 Å². The number of allylic oxidation sites excluding steroid dienone is 1. The Morgan fingerprint density at radius 3 is 1.39 bits per heavy atom. The number of aliphatic hydroxyl groups is 2. The summed E-state index contributed by atoms with van der Waals surface area (Å²) < 4.78 is 4.56. The number of nitrogens with two attached hydrogens (primary N) is 3. The Bertz CT molecular complexity index is 2930. The lowest BCUT2D eigenvalue weighted by molar-refractivity contribution is -0.143. The SMILES string of the molecule is COC(=O)/C=C/CC[C@H](NC(=O)[C@H](CC(N)=O)NC(C)=O)C(=O)N[C@@H](CCC(=O)O)C(=O)N[C@@H](CCC(N)=O)C(=O)N[C@H](C(=O)N[C@@H](CO)C(=O)N1CCC[C@H]1C(=O)N[C@@H](CC(C)C)C(=O)N[C@H](C(=O)N[C@@H](CC(C)C)C(=O)N[C@@H](CC(C)C)C(=O)N[C@@H](CCCCN)C(=O)O)C(C)O)C(C)C. The third kappa shape index (κ3) is 33.9. The fraction of sp³-hybridized carbons (Fsp3) is 0.708. The van der Waals surface area contributed by atoms with E-state index in [0.29, 0.717) is 19.4 Å². The molecule has 0 spiro atoms. The van der Waals surface area contributed by atoms with Crippen molar-refractivity contribution in [3.05, 3.63) is 12.2 Å². The van der Waals surface area contributed by atoms with Crippen molar-refractivity contribution in [1.82, 2.24) is 63.4 Å². The van der Waals surface area contributed by atoms with Crippen LogP contribution in [0, 0.1) is 23.7 Å². The Balaban J connectivity index is 3.52. The van der Waals surface area contributed by atoms with Gasteiger partial charge in [0.15, 0.2) is 0 Å². The van der Waals surface area contributed by atoms with E-state index in [4.69, 9.17) is 17.2 Å². The summed E-state index contributed by atoms with van der Waals surface area (Å²) >= 11 is 0. The molecule has 102 heavy (non-hydrogen) atoms. The maximum absolute atomic E-state index is 14.3. The van der Waals surface area contributed by atoms with E-state index in [1.807, 2.05) is 0 Å². The molecule has 1 aliphatic rings. The van der Waals surface area contributed by atoms with Crippen molar-refractivity contribution in [3.63, 3.8) is 0 Å². The topological polar surface area (TPSA) is 594 Å². The number of methoxy groups -OCH3 is 1. The highest BCUT2D eigenvalue weighted by molar-refractivity contribution is 6.00. The minimum atomic E-state index is -1.83. The number of ether oxygens (including phenoxy) is 1. The summed E-state index contributed by atoms with van der Waals surface area (Å²) in [4.78, 5) is 227. The quantitative estimate of drug-likeness (QED) is 0.0154. The number of carboxylic acids is 2. The molecule has 0 aromatic carbocycles. The molecule has 21 N–H and O–H groups in total. The number of hydrogen-bond acceptors (Lipinski definition) is 21. The second-order valence-electron chi connectivity index (χ2n) is 26.7. The van der Waals surface area contributed by atoms with Crippen LogP contribution in [-0.4, -0.2) is 231 Å². The van der Waals surface area contributed by atoms with Gasteiger partial charge in [0, 0.05) is 32.4 Å². The number of rotatable bonds is 48. The number of aliphatic carboxylic acids is 2. The Kier molecular flexibility index (Phi) is 41.0. The summed E-state index contributed by atoms with van der Waals surface area (Å²) in [7, 11) is 1.10. The summed E-state index contributed by atoms with van der Waals surface area (Å²) in [5.41, 5.74) is 16.2. The van der Waals surface area contributed by atoms with Gasteiger partial charge in [0.25, 0.3) is 0 Å². The zero-order chi connectivity index (χ0) is 77.8. The van der Waals surface area contributed by atoms with Crippen LogP contribution in [0.15, 0.2) is 12.2 Å². The summed E-state index contributed by atoms with van der Waals surface area (Å²) in [6.07, 6.45) is -1.81. The van der Waals surface area contributed by atoms with Crippen molar-refractivity contribution in [3.8, 4) is 0 Å². The van der Waals surface area contributed by atoms with Gasteiger partial charge in [-0.2, -0.15) is 0 Å². The molecule has 1 unspecified atom stereocenters. The number of primary amides is 2. The molecule has 1 rings (SSSR count). The first-order valence-corrected chi connectivity index (χ1v) is 34.0. The lowest BCUT2D eigenvalue weighted by atomic mass is 9.99. The minimum absolute atomic E-state index is 0.00404. The number of likely N-dealkylation sites (tertiary alicyclic amines) is 1. The van der Waals surface area contributed by atoms with Gasteiger partial charge in [0.2, 0.25) is 82.7 Å². The summed E-state index contributed by atoms with van der Waals surface area (Å²) in [5.74, 6) is -19.0. The number of hydrogen-bond donors (Lipinski definition) is 18. The summed E-state index contributed by atoms with van der Waals surface area (Å²) in [6.45, 7) is 14.8. The fourth-order valence-corrected chi connectivity index (χ4v) is 10.7. The number of carbonyl (C=O) groups is 17. The maximum Gasteiger partial charge on any atom is 0.330 e. The number of nitrogens with zero attached hydrogens (tertiary/aromatic N) is 1. The van der Waals surface area contributed by atoms with Gasteiger partial charge in [0.1, 0.15) is 72.5 Å². The van der Waals surface area contributed by atoms with Crippen molar-refractivity contribution >= 4 is 101 Å². The normalized spacial score (nSPS) is 16.4. The third-order valence-corrected chi connectivity index (χ3v) is 15.9. The largest absolute Gasteiger partial charge is 0.481 e. The van der Waals surface area contributed by atoms with Gasteiger partial charge in [-0.1, -0.05) is 61.5 Å². The van der Waals surface area contributed by atoms with E-state index in [2.05, 4.69) is 63.2 Å². The van der Waals surface area contributed by atoms with Crippen LogP contribution in [0.5, 0.6) is 0 Å². The van der Waals surface area contributed by atoms with E-state index in [9.17, 15) is 102 Å². The number of amides is 14. The molecule has 0 aromatic rings. The van der Waals surface area contributed by atoms with Crippen LogP contribution in [0.1, 0.15) is 166 Å². The molecule has 14 amide bonds. The van der Waals surface area contributed by atoms with Crippen LogP contribution >= 0.6 is 0 Å². The Morgan fingerprint density at radius 1 is 0.510 bits per heavy atom. The van der Waals surface area contributed by atoms with Crippen LogP contribution in [0.25, 0.3) is 0 Å². The van der Waals surface area contributed by atoms with E-state index in [1.54, 1.807) is 41.5 Å². The second-order valence-corrected chi connectivity index (χ2v) is 26.7. The molecular formula is C65H109N15O22. The van der Waals surface area contributed by atoms with Gasteiger partial charge in [-0.15, -0.1) is 0 Å². The lowest BCUT2D eigenvalue weighted by Gasteiger charge is -2.31. The minimum Gasteiger partial charge on any atom is -0.481 e. The first kappa shape index (κ1) is 90.6. The molecular weight excluding hydrogens is 1340 g/mol. The van der Waals surface area contributed by atoms with Crippen LogP contribution in [0.4, 0.5) is 0 Å². The van der Waals surface area contributed by atoms with E-state index in [1.165, 1.54) is 26.8 Å². The van der Waals surface area contributed by atoms with Crippen molar-refractivity contribution in [1.29, 1.82) is 0 Å². The van der Waals surface area contributed by atoms with Gasteiger partial charge in [0.05, 0.1) is 26.2 Å². The molecule has 0 saturated carbocycles. The number of esters is 1. The number of nitrogens with one attached hydrogen (secondary N) is 11. The molecule has 0 bridgehead atoms. The molecule has 37 nitrogen and oxygen atoms in total. The molecule has 13 atom stereocenters. The molecule has 1 aliphatic heterocycles. The van der Waals surface area contributed by atoms with Gasteiger partial charge in [-0.05, 0) is 114 Å². The Morgan fingerprint density at radius 2 is 0.941 bits per heavy atom. The molecule has 0 aliphatic carbocycles. The highest BCUT2D eigenvalue weighted by atomic mass is 16.5. The van der Waals surface area contributed by atoms with Crippen LogP contribution in [0.2, 0.25) is 0 Å². The summed E-state index contributed by atoms with van der Waals surface area (Å²) in [5, 5.41) is 67.8. The van der Waals surface area contributed by atoms with E-state index < -0.39 is 224 Å². The maximum atomic E-state index is 14.3. The molecule has 1 fully saturated rings. The number of carboxylic acid groups (broad SMARTS) is 2. The van der Waals surface area contributed by atoms with Crippen molar-refractivity contribution in [2.75, 3.05) is 26.8 Å². The fourth-order valence-electron chi connectivity index (χ4n) is 10.7.